The number of imidazole rings is 1. The Morgan fingerprint density at radius 1 is 1.31 bits per heavy atom. The molecule has 1 aromatic heterocycles. The third-order valence-corrected chi connectivity index (χ3v) is 4.52. The van der Waals surface area contributed by atoms with Crippen LogP contribution in [0.4, 0.5) is 5.69 Å². The Morgan fingerprint density at radius 3 is 2.62 bits per heavy atom. The predicted molar refractivity (Wildman–Crippen MR) is 90.9 cm³/mol. The number of ether oxygens (including phenoxy) is 1. The first-order valence-corrected chi connectivity index (χ1v) is 8.15. The number of amides is 1. The van der Waals surface area contributed by atoms with Crippen LogP contribution in [-0.4, -0.2) is 51.5 Å². The zero-order valence-corrected chi connectivity index (χ0v) is 14.2. The topological polar surface area (TPSA) is 108 Å². The van der Waals surface area contributed by atoms with Crippen molar-refractivity contribution < 1.29 is 19.2 Å². The van der Waals surface area contributed by atoms with Crippen molar-refractivity contribution in [3.05, 3.63) is 52.6 Å². The molecule has 0 N–H and O–H groups in total. The second-order valence-corrected chi connectivity index (χ2v) is 6.02. The van der Waals surface area contributed by atoms with Crippen LogP contribution in [0, 0.1) is 16.0 Å². The van der Waals surface area contributed by atoms with Crippen molar-refractivity contribution in [3.63, 3.8) is 0 Å². The van der Waals surface area contributed by atoms with Crippen LogP contribution in [0.3, 0.4) is 0 Å². The number of carbonyl (C=O) groups excluding carboxylic acids is 2. The number of hydrogen-bond donors (Lipinski definition) is 0. The number of likely N-dealkylation sites (tertiary alicyclic amines) is 1. The molecule has 0 radical (unpaired) electrons. The predicted octanol–water partition coefficient (Wildman–Crippen LogP) is 1.81. The number of nitro benzene ring substituents is 1. The molecule has 136 valence electrons. The fourth-order valence-electron chi connectivity index (χ4n) is 3.09. The van der Waals surface area contributed by atoms with E-state index in [1.54, 1.807) is 17.2 Å². The van der Waals surface area contributed by atoms with Gasteiger partial charge in [-0.15, -0.1) is 0 Å². The average Bonchev–Trinajstić information content (AvgIpc) is 3.21. The Kier molecular flexibility index (Phi) is 4.97. The number of nitrogens with zero attached hydrogens (tertiary/aromatic N) is 4. The van der Waals surface area contributed by atoms with E-state index < -0.39 is 4.92 Å². The van der Waals surface area contributed by atoms with Gasteiger partial charge in [-0.2, -0.15) is 0 Å². The monoisotopic (exact) mass is 358 g/mol. The van der Waals surface area contributed by atoms with Gasteiger partial charge >= 0.3 is 5.97 Å². The smallest absolute Gasteiger partial charge is 0.308 e. The summed E-state index contributed by atoms with van der Waals surface area (Å²) in [6.07, 6.45) is 5.62. The summed E-state index contributed by atoms with van der Waals surface area (Å²) >= 11 is 0. The number of benzene rings is 1. The van der Waals surface area contributed by atoms with Gasteiger partial charge in [0.1, 0.15) is 5.69 Å². The highest BCUT2D eigenvalue weighted by Crippen LogP contribution is 2.26. The molecule has 0 saturated carbocycles. The highest BCUT2D eigenvalue weighted by Gasteiger charge is 2.29. The molecular formula is C17H18N4O5. The van der Waals surface area contributed by atoms with Crippen LogP contribution >= 0.6 is 0 Å². The Labute approximate surface area is 149 Å². The summed E-state index contributed by atoms with van der Waals surface area (Å²) in [5.74, 6) is -0.756. The second kappa shape index (κ2) is 7.34. The van der Waals surface area contributed by atoms with Crippen LogP contribution in [0.25, 0.3) is 5.69 Å². The van der Waals surface area contributed by atoms with Crippen LogP contribution in [0.1, 0.15) is 23.2 Å². The molecule has 2 heterocycles. The van der Waals surface area contributed by atoms with Crippen molar-refractivity contribution >= 4 is 17.6 Å². The molecule has 26 heavy (non-hydrogen) atoms. The Morgan fingerprint density at radius 2 is 2.04 bits per heavy atom. The van der Waals surface area contributed by atoms with Gasteiger partial charge in [0.2, 0.25) is 0 Å². The largest absolute Gasteiger partial charge is 0.469 e. The lowest BCUT2D eigenvalue weighted by molar-refractivity contribution is -0.384. The average molecular weight is 358 g/mol. The number of hydrogen-bond acceptors (Lipinski definition) is 6. The summed E-state index contributed by atoms with van der Waals surface area (Å²) in [5, 5.41) is 11.4. The third-order valence-electron chi connectivity index (χ3n) is 4.52. The van der Waals surface area contributed by atoms with Gasteiger partial charge in [0, 0.05) is 37.1 Å². The van der Waals surface area contributed by atoms with Crippen molar-refractivity contribution in [2.24, 2.45) is 5.92 Å². The van der Waals surface area contributed by atoms with Crippen molar-refractivity contribution in [1.29, 1.82) is 0 Å². The molecule has 1 saturated heterocycles. The molecule has 2 aromatic rings. The molecule has 0 unspecified atom stereocenters. The van der Waals surface area contributed by atoms with Crippen LogP contribution in [0.2, 0.25) is 0 Å². The van der Waals surface area contributed by atoms with E-state index in [1.165, 1.54) is 36.3 Å². The standard InChI is InChI=1S/C17H18N4O5/c1-26-17(23)12-4-7-19(8-5-12)16(22)13-2-3-14(15(10-13)21(24)25)20-9-6-18-11-20/h2-3,6,9-12H,4-5,7-8H2,1H3. The van der Waals surface area contributed by atoms with E-state index in [1.807, 2.05) is 0 Å². The molecule has 0 bridgehead atoms. The lowest BCUT2D eigenvalue weighted by atomic mass is 9.96. The van der Waals surface area contributed by atoms with Gasteiger partial charge in [-0.1, -0.05) is 0 Å². The Balaban J connectivity index is 1.79. The number of aromatic nitrogens is 2. The minimum absolute atomic E-state index is 0.168. The summed E-state index contributed by atoms with van der Waals surface area (Å²) in [7, 11) is 1.35. The highest BCUT2D eigenvalue weighted by molar-refractivity contribution is 5.95. The van der Waals surface area contributed by atoms with Gasteiger partial charge in [0.05, 0.1) is 24.3 Å². The molecule has 1 aromatic carbocycles. The number of esters is 1. The number of methoxy groups -OCH3 is 1. The van der Waals surface area contributed by atoms with Gasteiger partial charge in [0.25, 0.3) is 11.6 Å². The minimum Gasteiger partial charge on any atom is -0.469 e. The molecule has 9 nitrogen and oxygen atoms in total. The molecule has 1 fully saturated rings. The van der Waals surface area contributed by atoms with Crippen LogP contribution in [0.5, 0.6) is 0 Å². The molecule has 1 aliphatic heterocycles. The molecule has 0 spiro atoms. The van der Waals surface area contributed by atoms with Gasteiger partial charge in [-0.3, -0.25) is 19.7 Å². The van der Waals surface area contributed by atoms with Crippen LogP contribution in [-0.2, 0) is 9.53 Å². The summed E-state index contributed by atoms with van der Waals surface area (Å²) in [5.41, 5.74) is 0.420. The second-order valence-electron chi connectivity index (χ2n) is 6.02. The highest BCUT2D eigenvalue weighted by atomic mass is 16.6. The zero-order valence-electron chi connectivity index (χ0n) is 14.2. The molecule has 0 aliphatic carbocycles. The third kappa shape index (κ3) is 3.41. The zero-order chi connectivity index (χ0) is 18.7. The van der Waals surface area contributed by atoms with Crippen molar-refractivity contribution in [2.75, 3.05) is 20.2 Å². The Bertz CT molecular complexity index is 826. The van der Waals surface area contributed by atoms with Crippen molar-refractivity contribution in [1.82, 2.24) is 14.5 Å². The molecule has 1 amide bonds. The van der Waals surface area contributed by atoms with E-state index in [0.717, 1.165) is 0 Å². The van der Waals surface area contributed by atoms with Crippen LogP contribution < -0.4 is 0 Å². The molecule has 1 aliphatic rings. The fraction of sp³-hybridized carbons (Fsp3) is 0.353. The summed E-state index contributed by atoms with van der Waals surface area (Å²) < 4.78 is 6.26. The van der Waals surface area contributed by atoms with Crippen molar-refractivity contribution in [2.45, 2.75) is 12.8 Å². The van der Waals surface area contributed by atoms with Gasteiger partial charge < -0.3 is 14.2 Å². The van der Waals surface area contributed by atoms with E-state index in [2.05, 4.69) is 4.98 Å². The van der Waals surface area contributed by atoms with Crippen LogP contribution in [0.15, 0.2) is 36.9 Å². The summed E-state index contributed by atoms with van der Waals surface area (Å²) in [6, 6.07) is 4.38. The van der Waals surface area contributed by atoms with E-state index in [9.17, 15) is 19.7 Å². The number of rotatable bonds is 4. The fourth-order valence-corrected chi connectivity index (χ4v) is 3.09. The quantitative estimate of drug-likeness (QED) is 0.468. The first-order chi connectivity index (χ1) is 12.5. The van der Waals surface area contributed by atoms with E-state index in [0.29, 0.717) is 31.6 Å². The minimum atomic E-state index is -0.518. The summed E-state index contributed by atoms with van der Waals surface area (Å²) in [6.45, 7) is 0.825. The number of piperidine rings is 1. The maximum atomic E-state index is 12.7. The maximum Gasteiger partial charge on any atom is 0.308 e. The maximum absolute atomic E-state index is 12.7. The van der Waals surface area contributed by atoms with E-state index in [-0.39, 0.29) is 29.0 Å². The SMILES string of the molecule is COC(=O)C1CCN(C(=O)c2ccc(-n3ccnc3)c([N+](=O)[O-])c2)CC1. The summed E-state index contributed by atoms with van der Waals surface area (Å²) in [4.78, 5) is 40.6. The van der Waals surface area contributed by atoms with Crippen molar-refractivity contribution in [3.8, 4) is 5.69 Å². The number of carbonyl (C=O) groups is 2. The number of nitro groups is 1. The van der Waals surface area contributed by atoms with Gasteiger partial charge in [-0.05, 0) is 25.0 Å². The molecule has 3 rings (SSSR count). The Hall–Kier alpha value is -3.23. The first-order valence-electron chi connectivity index (χ1n) is 8.15. The lowest BCUT2D eigenvalue weighted by Gasteiger charge is -2.30. The first kappa shape index (κ1) is 17.6. The van der Waals surface area contributed by atoms with Gasteiger partial charge in [-0.25, -0.2) is 4.98 Å². The molecule has 9 heteroatoms. The normalized spacial score (nSPS) is 14.9. The lowest BCUT2D eigenvalue weighted by Crippen LogP contribution is -2.40. The van der Waals surface area contributed by atoms with Gasteiger partial charge in [0.15, 0.2) is 0 Å². The molecular weight excluding hydrogens is 340 g/mol. The van der Waals surface area contributed by atoms with E-state index in [4.69, 9.17) is 4.74 Å². The molecule has 0 atom stereocenters. The van der Waals surface area contributed by atoms with E-state index >= 15 is 0 Å².